The first-order valence-electron chi connectivity index (χ1n) is 5.80. The molecule has 4 N–H and O–H groups in total. The third kappa shape index (κ3) is 3.13. The van der Waals surface area contributed by atoms with Gasteiger partial charge in [0.05, 0.1) is 18.3 Å². The first-order chi connectivity index (χ1) is 8.65. The van der Waals surface area contributed by atoms with Crippen LogP contribution in [0.3, 0.4) is 0 Å². The van der Waals surface area contributed by atoms with Crippen LogP contribution in [0, 0.1) is 0 Å². The molecule has 0 aromatic carbocycles. The van der Waals surface area contributed by atoms with Crippen molar-refractivity contribution >= 4 is 11.5 Å². The molecule has 0 aliphatic rings. The number of aromatic amines is 1. The molecule has 0 spiro atoms. The molecule has 18 heavy (non-hydrogen) atoms. The van der Waals surface area contributed by atoms with Gasteiger partial charge in [-0.15, -0.1) is 0 Å². The molecule has 0 aliphatic heterocycles. The van der Waals surface area contributed by atoms with E-state index in [4.69, 9.17) is 10.5 Å². The molecule has 2 rings (SSSR count). The van der Waals surface area contributed by atoms with Crippen LogP contribution in [-0.4, -0.2) is 21.1 Å². The highest BCUT2D eigenvalue weighted by Gasteiger charge is 2.06. The minimum atomic E-state index is 0.0418. The van der Waals surface area contributed by atoms with E-state index < -0.39 is 0 Å². The number of nitrogen functional groups attached to an aromatic ring is 1. The normalized spacial score (nSPS) is 10.6. The van der Waals surface area contributed by atoms with Crippen LogP contribution in [0.5, 0.6) is 5.88 Å². The molecular weight excluding hydrogens is 230 g/mol. The summed E-state index contributed by atoms with van der Waals surface area (Å²) in [5.74, 6) is 2.01. The number of rotatable bonds is 5. The lowest BCUT2D eigenvalue weighted by Gasteiger charge is -2.12. The van der Waals surface area contributed by atoms with Crippen molar-refractivity contribution in [1.29, 1.82) is 0 Å². The summed E-state index contributed by atoms with van der Waals surface area (Å²) in [5.41, 5.74) is 6.33. The van der Waals surface area contributed by atoms with Gasteiger partial charge in [0.1, 0.15) is 11.6 Å². The number of imidazole rings is 1. The molecule has 6 nitrogen and oxygen atoms in total. The van der Waals surface area contributed by atoms with E-state index in [1.54, 1.807) is 18.5 Å². The lowest BCUT2D eigenvalue weighted by atomic mass is 10.4. The Morgan fingerprint density at radius 2 is 2.28 bits per heavy atom. The van der Waals surface area contributed by atoms with E-state index in [-0.39, 0.29) is 6.10 Å². The van der Waals surface area contributed by atoms with Gasteiger partial charge in [-0.05, 0) is 26.0 Å². The quantitative estimate of drug-likeness (QED) is 0.749. The van der Waals surface area contributed by atoms with Gasteiger partial charge >= 0.3 is 0 Å². The molecule has 0 saturated heterocycles. The van der Waals surface area contributed by atoms with Gasteiger partial charge in [0.2, 0.25) is 5.88 Å². The van der Waals surface area contributed by atoms with E-state index in [2.05, 4.69) is 20.3 Å². The zero-order chi connectivity index (χ0) is 13.0. The number of aromatic nitrogens is 3. The van der Waals surface area contributed by atoms with Crippen molar-refractivity contribution in [3.63, 3.8) is 0 Å². The summed E-state index contributed by atoms with van der Waals surface area (Å²) in [6.45, 7) is 4.44. The molecule has 0 bridgehead atoms. The summed E-state index contributed by atoms with van der Waals surface area (Å²) in [6.07, 6.45) is 3.53. The molecule has 6 heteroatoms. The highest BCUT2D eigenvalue weighted by Crippen LogP contribution is 2.22. The minimum absolute atomic E-state index is 0.0418. The summed E-state index contributed by atoms with van der Waals surface area (Å²) in [4.78, 5) is 11.4. The molecule has 0 amide bonds. The van der Waals surface area contributed by atoms with Crippen LogP contribution in [0.4, 0.5) is 11.5 Å². The van der Waals surface area contributed by atoms with E-state index >= 15 is 0 Å². The Bertz CT molecular complexity index is 495. The van der Waals surface area contributed by atoms with E-state index in [0.29, 0.717) is 23.9 Å². The van der Waals surface area contributed by atoms with Crippen molar-refractivity contribution in [1.82, 2.24) is 15.0 Å². The second-order valence-electron chi connectivity index (χ2n) is 4.15. The number of nitrogens with one attached hydrogen (secondary N) is 2. The highest BCUT2D eigenvalue weighted by atomic mass is 16.5. The van der Waals surface area contributed by atoms with E-state index in [0.717, 1.165) is 5.82 Å². The molecular formula is C12H17N5O. The van der Waals surface area contributed by atoms with E-state index in [9.17, 15) is 0 Å². The Hall–Kier alpha value is -2.24. The topological polar surface area (TPSA) is 88.8 Å². The van der Waals surface area contributed by atoms with Crippen LogP contribution in [-0.2, 0) is 6.54 Å². The molecule has 0 unspecified atom stereocenters. The summed E-state index contributed by atoms with van der Waals surface area (Å²) in [7, 11) is 0. The monoisotopic (exact) mass is 247 g/mol. The molecule has 0 fully saturated rings. The Morgan fingerprint density at radius 3 is 2.94 bits per heavy atom. The first-order valence-corrected chi connectivity index (χ1v) is 5.80. The van der Waals surface area contributed by atoms with Gasteiger partial charge in [0, 0.05) is 12.4 Å². The Labute approximate surface area is 106 Å². The van der Waals surface area contributed by atoms with Gasteiger partial charge in [-0.2, -0.15) is 4.98 Å². The summed E-state index contributed by atoms with van der Waals surface area (Å²) < 4.78 is 5.52. The van der Waals surface area contributed by atoms with Gasteiger partial charge in [-0.1, -0.05) is 0 Å². The SMILES string of the molecule is CC(C)Oc1nc(NCc2ncc[nH]2)ccc1N. The highest BCUT2D eigenvalue weighted by molar-refractivity contribution is 5.53. The average molecular weight is 247 g/mol. The number of anilines is 2. The second kappa shape index (κ2) is 5.39. The number of ether oxygens (including phenoxy) is 1. The fourth-order valence-electron chi connectivity index (χ4n) is 1.44. The number of hydrogen-bond donors (Lipinski definition) is 3. The second-order valence-corrected chi connectivity index (χ2v) is 4.15. The number of H-pyrrole nitrogens is 1. The third-order valence-corrected chi connectivity index (χ3v) is 2.23. The summed E-state index contributed by atoms with van der Waals surface area (Å²) in [5, 5.41) is 3.15. The average Bonchev–Trinajstić information content (AvgIpc) is 2.82. The Kier molecular flexibility index (Phi) is 3.66. The largest absolute Gasteiger partial charge is 0.473 e. The fraction of sp³-hybridized carbons (Fsp3) is 0.333. The lowest BCUT2D eigenvalue weighted by molar-refractivity contribution is 0.234. The predicted octanol–water partition coefficient (Wildman–Crippen LogP) is 1.79. The van der Waals surface area contributed by atoms with Crippen LogP contribution in [0.25, 0.3) is 0 Å². The van der Waals surface area contributed by atoms with Crippen molar-refractivity contribution in [3.05, 3.63) is 30.4 Å². The maximum Gasteiger partial charge on any atom is 0.239 e. The first kappa shape index (κ1) is 12.2. The van der Waals surface area contributed by atoms with Crippen LogP contribution < -0.4 is 15.8 Å². The van der Waals surface area contributed by atoms with Gasteiger partial charge in [0.25, 0.3) is 0 Å². The molecule has 0 atom stereocenters. The van der Waals surface area contributed by atoms with Crippen LogP contribution in [0.15, 0.2) is 24.5 Å². The van der Waals surface area contributed by atoms with Crippen molar-refractivity contribution in [2.45, 2.75) is 26.5 Å². The zero-order valence-electron chi connectivity index (χ0n) is 10.5. The molecule has 0 saturated carbocycles. The molecule has 96 valence electrons. The van der Waals surface area contributed by atoms with Crippen LogP contribution in [0.2, 0.25) is 0 Å². The maximum absolute atomic E-state index is 5.79. The lowest BCUT2D eigenvalue weighted by Crippen LogP contribution is -2.10. The van der Waals surface area contributed by atoms with Crippen LogP contribution in [0.1, 0.15) is 19.7 Å². The van der Waals surface area contributed by atoms with Crippen molar-refractivity contribution < 1.29 is 4.74 Å². The predicted molar refractivity (Wildman–Crippen MR) is 70.3 cm³/mol. The summed E-state index contributed by atoms with van der Waals surface area (Å²) in [6, 6.07) is 3.58. The van der Waals surface area contributed by atoms with Gasteiger partial charge < -0.3 is 20.8 Å². The molecule has 2 aromatic rings. The maximum atomic E-state index is 5.79. The van der Waals surface area contributed by atoms with Gasteiger partial charge in [-0.3, -0.25) is 0 Å². The van der Waals surface area contributed by atoms with Crippen molar-refractivity contribution in [2.24, 2.45) is 0 Å². The minimum Gasteiger partial charge on any atom is -0.473 e. The third-order valence-electron chi connectivity index (χ3n) is 2.23. The Morgan fingerprint density at radius 1 is 1.44 bits per heavy atom. The van der Waals surface area contributed by atoms with E-state index in [1.807, 2.05) is 19.9 Å². The van der Waals surface area contributed by atoms with Crippen LogP contribution >= 0.6 is 0 Å². The smallest absolute Gasteiger partial charge is 0.239 e. The molecule has 0 aliphatic carbocycles. The molecule has 2 heterocycles. The molecule has 2 aromatic heterocycles. The fourth-order valence-corrected chi connectivity index (χ4v) is 1.44. The van der Waals surface area contributed by atoms with E-state index in [1.165, 1.54) is 0 Å². The number of hydrogen-bond acceptors (Lipinski definition) is 5. The number of pyridine rings is 1. The number of nitrogens with zero attached hydrogens (tertiary/aromatic N) is 2. The standard InChI is InChI=1S/C12H17N5O/c1-8(2)18-12-9(13)3-4-10(17-12)16-7-11-14-5-6-15-11/h3-6,8H,7,13H2,1-2H3,(H,14,15)(H,16,17). The zero-order valence-corrected chi connectivity index (χ0v) is 10.5. The van der Waals surface area contributed by atoms with Gasteiger partial charge in [-0.25, -0.2) is 4.98 Å². The Balaban J connectivity index is 2.04. The van der Waals surface area contributed by atoms with Gasteiger partial charge in [0.15, 0.2) is 0 Å². The summed E-state index contributed by atoms with van der Waals surface area (Å²) >= 11 is 0. The molecule has 0 radical (unpaired) electrons. The number of nitrogens with two attached hydrogens (primary N) is 1. The van der Waals surface area contributed by atoms with Crippen molar-refractivity contribution in [2.75, 3.05) is 11.1 Å². The van der Waals surface area contributed by atoms with Crippen molar-refractivity contribution in [3.8, 4) is 5.88 Å².